The van der Waals surface area contributed by atoms with Gasteiger partial charge in [0.25, 0.3) is 5.91 Å². The van der Waals surface area contributed by atoms with E-state index in [2.05, 4.69) is 15.4 Å². The standard InChI is InChI=1S/C19H16N4O2S/c1-12-3-4-13(2)23(12)22-17(24)14-5-7-15(8-6-14)25-18-16-9-10-26-19(16)21-11-20-18/h3-11H,1-2H3,(H,22,24). The van der Waals surface area contributed by atoms with Crippen molar-refractivity contribution in [1.29, 1.82) is 0 Å². The van der Waals surface area contributed by atoms with Crippen molar-refractivity contribution in [1.82, 2.24) is 14.6 Å². The van der Waals surface area contributed by atoms with Crippen molar-refractivity contribution in [2.24, 2.45) is 0 Å². The van der Waals surface area contributed by atoms with Gasteiger partial charge in [-0.05, 0) is 61.7 Å². The first kappa shape index (κ1) is 16.3. The Morgan fingerprint density at radius 1 is 1.04 bits per heavy atom. The highest BCUT2D eigenvalue weighted by atomic mass is 32.1. The molecule has 3 heterocycles. The van der Waals surface area contributed by atoms with E-state index in [0.29, 0.717) is 17.2 Å². The second-order valence-corrected chi connectivity index (χ2v) is 6.73. The molecule has 130 valence electrons. The Morgan fingerprint density at radius 3 is 2.50 bits per heavy atom. The fourth-order valence-corrected chi connectivity index (χ4v) is 3.37. The Kier molecular flexibility index (Phi) is 4.14. The van der Waals surface area contributed by atoms with Crippen LogP contribution in [0, 0.1) is 13.8 Å². The molecule has 0 atom stereocenters. The lowest BCUT2D eigenvalue weighted by atomic mass is 10.2. The molecule has 1 aromatic carbocycles. The maximum absolute atomic E-state index is 12.4. The minimum absolute atomic E-state index is 0.179. The number of rotatable bonds is 4. The van der Waals surface area contributed by atoms with Crippen LogP contribution in [-0.4, -0.2) is 20.6 Å². The molecule has 7 heteroatoms. The average Bonchev–Trinajstić information content (AvgIpc) is 3.25. The fourth-order valence-electron chi connectivity index (χ4n) is 2.65. The molecule has 0 bridgehead atoms. The van der Waals surface area contributed by atoms with Gasteiger partial charge in [-0.1, -0.05) is 0 Å². The number of nitrogens with zero attached hydrogens (tertiary/aromatic N) is 3. The minimum Gasteiger partial charge on any atom is -0.438 e. The van der Waals surface area contributed by atoms with E-state index in [4.69, 9.17) is 4.74 Å². The van der Waals surface area contributed by atoms with E-state index >= 15 is 0 Å². The van der Waals surface area contributed by atoms with Crippen LogP contribution in [0.4, 0.5) is 0 Å². The van der Waals surface area contributed by atoms with E-state index in [-0.39, 0.29) is 5.91 Å². The van der Waals surface area contributed by atoms with Crippen LogP contribution in [0.15, 0.2) is 54.2 Å². The number of aryl methyl sites for hydroxylation is 2. The predicted molar refractivity (Wildman–Crippen MR) is 102 cm³/mol. The van der Waals surface area contributed by atoms with Crippen LogP contribution in [0.2, 0.25) is 0 Å². The van der Waals surface area contributed by atoms with Crippen LogP contribution in [0.25, 0.3) is 10.2 Å². The van der Waals surface area contributed by atoms with Crippen molar-refractivity contribution in [3.63, 3.8) is 0 Å². The summed E-state index contributed by atoms with van der Waals surface area (Å²) in [6.07, 6.45) is 1.48. The van der Waals surface area contributed by atoms with Gasteiger partial charge in [0.2, 0.25) is 5.88 Å². The number of thiophene rings is 1. The number of carbonyl (C=O) groups excluding carboxylic acids is 1. The van der Waals surface area contributed by atoms with E-state index in [1.54, 1.807) is 28.9 Å². The second-order valence-electron chi connectivity index (χ2n) is 5.84. The summed E-state index contributed by atoms with van der Waals surface area (Å²) in [4.78, 5) is 21.7. The van der Waals surface area contributed by atoms with Gasteiger partial charge < -0.3 is 4.74 Å². The second kappa shape index (κ2) is 6.61. The van der Waals surface area contributed by atoms with Crippen LogP contribution in [-0.2, 0) is 0 Å². The first-order chi connectivity index (χ1) is 12.6. The zero-order valence-corrected chi connectivity index (χ0v) is 15.1. The Morgan fingerprint density at radius 2 is 1.77 bits per heavy atom. The summed E-state index contributed by atoms with van der Waals surface area (Å²) in [6, 6.07) is 12.8. The van der Waals surface area contributed by atoms with E-state index in [0.717, 1.165) is 21.6 Å². The van der Waals surface area contributed by atoms with Crippen molar-refractivity contribution in [2.45, 2.75) is 13.8 Å². The molecule has 0 aliphatic carbocycles. The molecule has 3 aromatic heterocycles. The molecule has 0 aliphatic rings. The molecule has 0 saturated heterocycles. The summed E-state index contributed by atoms with van der Waals surface area (Å²) in [5.74, 6) is 0.939. The molecule has 0 aliphatic heterocycles. The highest BCUT2D eigenvalue weighted by molar-refractivity contribution is 7.16. The topological polar surface area (TPSA) is 69.0 Å². The molecule has 0 spiro atoms. The smallest absolute Gasteiger partial charge is 0.270 e. The molecular weight excluding hydrogens is 348 g/mol. The lowest BCUT2D eigenvalue weighted by Crippen LogP contribution is -2.24. The lowest BCUT2D eigenvalue weighted by molar-refractivity contribution is 0.101. The van der Waals surface area contributed by atoms with Crippen LogP contribution < -0.4 is 10.2 Å². The molecule has 26 heavy (non-hydrogen) atoms. The average molecular weight is 364 g/mol. The first-order valence-electron chi connectivity index (χ1n) is 8.04. The summed E-state index contributed by atoms with van der Waals surface area (Å²) in [7, 11) is 0. The monoisotopic (exact) mass is 364 g/mol. The van der Waals surface area contributed by atoms with Gasteiger partial charge in [0.15, 0.2) is 0 Å². The Labute approximate surface area is 154 Å². The number of fused-ring (bicyclic) bond motifs is 1. The van der Waals surface area contributed by atoms with E-state index in [1.165, 1.54) is 17.7 Å². The van der Waals surface area contributed by atoms with Crippen LogP contribution in [0.1, 0.15) is 21.7 Å². The molecule has 0 radical (unpaired) electrons. The molecule has 0 fully saturated rings. The van der Waals surface area contributed by atoms with Gasteiger partial charge in [-0.3, -0.25) is 14.9 Å². The summed E-state index contributed by atoms with van der Waals surface area (Å²) >= 11 is 1.54. The van der Waals surface area contributed by atoms with Gasteiger partial charge in [-0.25, -0.2) is 9.97 Å². The van der Waals surface area contributed by atoms with Crippen LogP contribution in [0.3, 0.4) is 0 Å². The third-order valence-electron chi connectivity index (χ3n) is 4.04. The summed E-state index contributed by atoms with van der Waals surface area (Å²) in [6.45, 7) is 3.88. The van der Waals surface area contributed by atoms with Gasteiger partial charge in [-0.2, -0.15) is 0 Å². The normalized spacial score (nSPS) is 10.8. The first-order valence-corrected chi connectivity index (χ1v) is 8.92. The fraction of sp³-hybridized carbons (Fsp3) is 0.105. The van der Waals surface area contributed by atoms with E-state index in [1.807, 2.05) is 37.4 Å². The maximum atomic E-state index is 12.4. The van der Waals surface area contributed by atoms with E-state index < -0.39 is 0 Å². The molecule has 1 N–H and O–H groups in total. The van der Waals surface area contributed by atoms with Crippen LogP contribution in [0.5, 0.6) is 11.6 Å². The number of carbonyl (C=O) groups is 1. The number of hydrogen-bond donors (Lipinski definition) is 1. The molecule has 6 nitrogen and oxygen atoms in total. The van der Waals surface area contributed by atoms with Crippen molar-refractivity contribution >= 4 is 27.5 Å². The van der Waals surface area contributed by atoms with Gasteiger partial charge in [-0.15, -0.1) is 11.3 Å². The number of hydrogen-bond acceptors (Lipinski definition) is 5. The molecule has 4 aromatic rings. The number of benzene rings is 1. The number of ether oxygens (including phenoxy) is 1. The zero-order valence-electron chi connectivity index (χ0n) is 14.3. The van der Waals surface area contributed by atoms with E-state index in [9.17, 15) is 4.79 Å². The highest BCUT2D eigenvalue weighted by Gasteiger charge is 2.10. The zero-order chi connectivity index (χ0) is 18.1. The van der Waals surface area contributed by atoms with Crippen molar-refractivity contribution in [3.8, 4) is 11.6 Å². The van der Waals surface area contributed by atoms with Gasteiger partial charge in [0.05, 0.1) is 5.39 Å². The SMILES string of the molecule is Cc1ccc(C)n1NC(=O)c1ccc(Oc2ncnc3sccc23)cc1. The molecule has 4 rings (SSSR count). The quantitative estimate of drug-likeness (QED) is 0.587. The van der Waals surface area contributed by atoms with Crippen LogP contribution >= 0.6 is 11.3 Å². The highest BCUT2D eigenvalue weighted by Crippen LogP contribution is 2.29. The lowest BCUT2D eigenvalue weighted by Gasteiger charge is -2.11. The Bertz CT molecular complexity index is 1060. The van der Waals surface area contributed by atoms with Crippen molar-refractivity contribution < 1.29 is 9.53 Å². The van der Waals surface area contributed by atoms with Crippen molar-refractivity contribution in [3.05, 3.63) is 71.1 Å². The Balaban J connectivity index is 1.51. The van der Waals surface area contributed by atoms with Gasteiger partial charge >= 0.3 is 0 Å². The van der Waals surface area contributed by atoms with Gasteiger partial charge in [0, 0.05) is 17.0 Å². The predicted octanol–water partition coefficient (Wildman–Crippen LogP) is 4.29. The van der Waals surface area contributed by atoms with Gasteiger partial charge in [0.1, 0.15) is 16.9 Å². The minimum atomic E-state index is -0.179. The molecular formula is C19H16N4O2S. The maximum Gasteiger partial charge on any atom is 0.270 e. The summed E-state index contributed by atoms with van der Waals surface area (Å²) in [5.41, 5.74) is 5.37. The molecule has 0 saturated carbocycles. The Hall–Kier alpha value is -3.19. The third-order valence-corrected chi connectivity index (χ3v) is 4.86. The number of nitrogens with one attached hydrogen (secondary N) is 1. The number of amides is 1. The number of aromatic nitrogens is 3. The summed E-state index contributed by atoms with van der Waals surface area (Å²) < 4.78 is 7.61. The largest absolute Gasteiger partial charge is 0.438 e. The van der Waals surface area contributed by atoms with Crippen molar-refractivity contribution in [2.75, 3.05) is 5.43 Å². The molecule has 0 unspecified atom stereocenters. The molecule has 1 amide bonds. The third kappa shape index (κ3) is 3.04. The summed E-state index contributed by atoms with van der Waals surface area (Å²) in [5, 5.41) is 2.82.